The third kappa shape index (κ3) is 7.83. The molecule has 0 amide bonds. The van der Waals surface area contributed by atoms with E-state index in [1.165, 1.54) is 32.4 Å². The molecule has 3 fully saturated rings. The Morgan fingerprint density at radius 1 is 1.16 bits per heavy atom. The molecule has 44 heavy (non-hydrogen) atoms. The van der Waals surface area contributed by atoms with Crippen molar-refractivity contribution in [2.75, 3.05) is 46.5 Å². The van der Waals surface area contributed by atoms with Crippen LogP contribution in [0.15, 0.2) is 52.2 Å². The SMILES string of the molecule is COC(=O)C(C)NP(=O)(OCC1OC(n2cc(/C=C\COP(=O)(N3CC3)N3CC3)c(=O)[nH]c2=O)CC1O)Oc1ccccc1. The van der Waals surface area contributed by atoms with E-state index in [2.05, 4.69) is 14.8 Å². The average molecular weight is 656 g/mol. The number of aromatic nitrogens is 2. The van der Waals surface area contributed by atoms with E-state index in [1.807, 2.05) is 0 Å². The van der Waals surface area contributed by atoms with Gasteiger partial charge < -0.3 is 23.6 Å². The van der Waals surface area contributed by atoms with E-state index in [0.29, 0.717) is 26.2 Å². The third-order valence-electron chi connectivity index (χ3n) is 6.99. The number of methoxy groups -OCH3 is 1. The van der Waals surface area contributed by atoms with Crippen molar-refractivity contribution in [2.24, 2.45) is 0 Å². The van der Waals surface area contributed by atoms with Gasteiger partial charge >= 0.3 is 27.1 Å². The van der Waals surface area contributed by atoms with Crippen LogP contribution in [0.3, 0.4) is 0 Å². The Morgan fingerprint density at radius 2 is 1.84 bits per heavy atom. The van der Waals surface area contributed by atoms with Gasteiger partial charge in [-0.25, -0.2) is 18.7 Å². The van der Waals surface area contributed by atoms with Crippen LogP contribution >= 0.6 is 15.4 Å². The lowest BCUT2D eigenvalue weighted by molar-refractivity contribution is -0.142. The molecule has 5 rings (SSSR count). The van der Waals surface area contributed by atoms with Crippen LogP contribution in [0.25, 0.3) is 6.08 Å². The number of benzene rings is 1. The number of rotatable bonds is 15. The zero-order valence-electron chi connectivity index (χ0n) is 24.1. The summed E-state index contributed by atoms with van der Waals surface area (Å²) in [7, 11) is -6.03. The molecule has 3 aliphatic heterocycles. The Balaban J connectivity index is 1.24. The number of aromatic amines is 1. The minimum absolute atomic E-state index is 0.00532. The predicted octanol–water partition coefficient (Wildman–Crippen LogP) is 1.31. The Hall–Kier alpha value is -2.91. The molecule has 3 aliphatic rings. The number of carbonyl (C=O) groups excluding carboxylic acids is 1. The van der Waals surface area contributed by atoms with Gasteiger partial charge in [-0.1, -0.05) is 24.3 Å². The summed E-state index contributed by atoms with van der Waals surface area (Å²) in [6, 6.07) is 7.09. The summed E-state index contributed by atoms with van der Waals surface area (Å²) in [6.45, 7) is 3.82. The number of nitrogens with zero attached hydrogens (tertiary/aromatic N) is 3. The minimum atomic E-state index is -4.20. The van der Waals surface area contributed by atoms with Crippen LogP contribution in [-0.4, -0.2) is 94.7 Å². The first kappa shape index (κ1) is 32.5. The van der Waals surface area contributed by atoms with Gasteiger partial charge in [0.25, 0.3) is 5.56 Å². The van der Waals surface area contributed by atoms with Crippen LogP contribution in [0.5, 0.6) is 5.75 Å². The molecule has 0 bridgehead atoms. The number of para-hydroxylation sites is 1. The largest absolute Gasteiger partial charge is 0.468 e. The highest BCUT2D eigenvalue weighted by atomic mass is 31.2. The Labute approximate surface area is 252 Å². The first-order valence-corrected chi connectivity index (χ1v) is 17.0. The number of ether oxygens (including phenoxy) is 2. The van der Waals surface area contributed by atoms with E-state index < -0.39 is 63.7 Å². The van der Waals surface area contributed by atoms with Crippen molar-refractivity contribution in [3.63, 3.8) is 0 Å². The molecule has 4 heterocycles. The van der Waals surface area contributed by atoms with Crippen molar-refractivity contribution in [1.29, 1.82) is 0 Å². The molecule has 5 unspecified atom stereocenters. The molecule has 16 nitrogen and oxygen atoms in total. The Kier molecular flexibility index (Phi) is 10.0. The number of carbonyl (C=O) groups is 1. The quantitative estimate of drug-likeness (QED) is 0.141. The molecular formula is C26H35N5O11P2. The number of aliphatic hydroxyl groups excluding tert-OH is 1. The van der Waals surface area contributed by atoms with E-state index in [-0.39, 0.29) is 24.3 Å². The van der Waals surface area contributed by atoms with Gasteiger partial charge in [0.05, 0.1) is 32.0 Å². The summed E-state index contributed by atoms with van der Waals surface area (Å²) in [5.74, 6) is -0.498. The number of esters is 1. The Morgan fingerprint density at radius 3 is 2.48 bits per heavy atom. The minimum Gasteiger partial charge on any atom is -0.468 e. The van der Waals surface area contributed by atoms with Crippen LogP contribution in [0, 0.1) is 0 Å². The number of hydrogen-bond acceptors (Lipinski definition) is 11. The summed E-state index contributed by atoms with van der Waals surface area (Å²) in [4.78, 5) is 39.3. The summed E-state index contributed by atoms with van der Waals surface area (Å²) in [6.07, 6.45) is 1.05. The molecule has 5 atom stereocenters. The second-order valence-corrected chi connectivity index (χ2v) is 14.4. The molecule has 0 aliphatic carbocycles. The van der Waals surface area contributed by atoms with Gasteiger partial charge in [0, 0.05) is 38.8 Å². The molecular weight excluding hydrogens is 620 g/mol. The average Bonchev–Trinajstić information content (AvgIpc) is 3.92. The summed E-state index contributed by atoms with van der Waals surface area (Å²) < 4.78 is 58.6. The number of H-pyrrole nitrogens is 1. The standard InChI is InChI=1S/C26H35N5O11P2/c1-18(25(34)38-2)28-43(36,42-20-8-4-3-5-9-20)40-17-22-21(32)15-23(41-22)31-16-19(24(33)27-26(31)35)7-6-14-39-44(37,29-10-11-29)30-12-13-30/h3-9,16,18,21-23,32H,10-15,17H2,1-2H3,(H,28,36)(H,27,33,35)/b7-6-. The Bertz CT molecular complexity index is 1560. The summed E-state index contributed by atoms with van der Waals surface area (Å²) in [5.41, 5.74) is -1.30. The predicted molar refractivity (Wildman–Crippen MR) is 157 cm³/mol. The molecule has 1 aromatic heterocycles. The molecule has 18 heteroatoms. The first-order valence-electron chi connectivity index (χ1n) is 14.0. The maximum atomic E-state index is 13.6. The van der Waals surface area contributed by atoms with Crippen LogP contribution in [-0.2, 0) is 32.4 Å². The van der Waals surface area contributed by atoms with Crippen molar-refractivity contribution < 1.29 is 42.1 Å². The number of aliphatic hydroxyl groups is 1. The van der Waals surface area contributed by atoms with Crippen LogP contribution in [0.2, 0.25) is 0 Å². The lowest BCUT2D eigenvalue weighted by atomic mass is 10.2. The van der Waals surface area contributed by atoms with Gasteiger partial charge in [0.15, 0.2) is 0 Å². The molecule has 0 spiro atoms. The van der Waals surface area contributed by atoms with Crippen LogP contribution < -0.4 is 20.9 Å². The van der Waals surface area contributed by atoms with Gasteiger partial charge in [-0.05, 0) is 25.1 Å². The zero-order valence-corrected chi connectivity index (χ0v) is 25.9. The topological polar surface area (TPSA) is 190 Å². The highest BCUT2D eigenvalue weighted by molar-refractivity contribution is 7.54. The molecule has 3 N–H and O–H groups in total. The maximum Gasteiger partial charge on any atom is 0.459 e. The second-order valence-electron chi connectivity index (χ2n) is 10.4. The van der Waals surface area contributed by atoms with Gasteiger partial charge in [0.1, 0.15) is 24.1 Å². The molecule has 1 aromatic carbocycles. The number of nitrogens with one attached hydrogen (secondary N) is 2. The van der Waals surface area contributed by atoms with Crippen molar-refractivity contribution in [3.05, 3.63) is 69.0 Å². The van der Waals surface area contributed by atoms with Gasteiger partial charge in [-0.2, -0.15) is 5.09 Å². The lowest BCUT2D eigenvalue weighted by Gasteiger charge is -2.24. The smallest absolute Gasteiger partial charge is 0.459 e. The lowest BCUT2D eigenvalue weighted by Crippen LogP contribution is -2.36. The maximum absolute atomic E-state index is 13.6. The molecule has 2 aromatic rings. The molecule has 240 valence electrons. The van der Waals surface area contributed by atoms with E-state index >= 15 is 0 Å². The van der Waals surface area contributed by atoms with E-state index in [9.17, 15) is 28.6 Å². The fourth-order valence-corrected chi connectivity index (χ4v) is 8.13. The van der Waals surface area contributed by atoms with Crippen molar-refractivity contribution in [1.82, 2.24) is 24.0 Å². The molecule has 0 saturated carbocycles. The van der Waals surface area contributed by atoms with Gasteiger partial charge in [-0.3, -0.25) is 28.2 Å². The zero-order chi connectivity index (χ0) is 31.5. The van der Waals surface area contributed by atoms with E-state index in [0.717, 1.165) is 4.57 Å². The van der Waals surface area contributed by atoms with E-state index in [1.54, 1.807) is 39.7 Å². The fraction of sp³-hybridized carbons (Fsp3) is 0.500. The van der Waals surface area contributed by atoms with Crippen LogP contribution in [0.4, 0.5) is 0 Å². The second kappa shape index (κ2) is 13.6. The summed E-state index contributed by atoms with van der Waals surface area (Å²) >= 11 is 0. The molecule has 0 radical (unpaired) electrons. The van der Waals surface area contributed by atoms with Gasteiger partial charge in [0.2, 0.25) is 0 Å². The van der Waals surface area contributed by atoms with Crippen molar-refractivity contribution in [2.45, 2.75) is 37.8 Å². The first-order chi connectivity index (χ1) is 21.0. The van der Waals surface area contributed by atoms with E-state index in [4.69, 9.17) is 18.3 Å². The highest BCUT2D eigenvalue weighted by Crippen LogP contribution is 2.60. The normalized spacial score (nSPS) is 24.2. The molecule has 3 saturated heterocycles. The highest BCUT2D eigenvalue weighted by Gasteiger charge is 2.49. The van der Waals surface area contributed by atoms with Crippen molar-refractivity contribution >= 4 is 27.5 Å². The fourth-order valence-electron chi connectivity index (χ4n) is 4.47. The van der Waals surface area contributed by atoms with Crippen LogP contribution in [0.1, 0.15) is 25.1 Å². The summed E-state index contributed by atoms with van der Waals surface area (Å²) in [5, 5.41) is 13.2. The van der Waals surface area contributed by atoms with Crippen molar-refractivity contribution in [3.8, 4) is 5.75 Å². The van der Waals surface area contributed by atoms with Gasteiger partial charge in [-0.15, -0.1) is 0 Å². The number of hydrogen-bond donors (Lipinski definition) is 3. The monoisotopic (exact) mass is 655 g/mol. The third-order valence-corrected chi connectivity index (χ3v) is 11.4.